The van der Waals surface area contributed by atoms with Crippen LogP contribution in [0.15, 0.2) is 39.5 Å². The number of carbonyl (C=O) groups excluding carboxylic acids is 1. The third-order valence-electron chi connectivity index (χ3n) is 2.55. The molecule has 0 saturated heterocycles. The second-order valence-corrected chi connectivity index (χ2v) is 6.27. The van der Waals surface area contributed by atoms with E-state index in [1.165, 1.54) is 11.3 Å². The van der Waals surface area contributed by atoms with Gasteiger partial charge < -0.3 is 10.4 Å². The summed E-state index contributed by atoms with van der Waals surface area (Å²) in [4.78, 5) is 11.9. The molecule has 1 amide bonds. The molecule has 0 atom stereocenters. The number of rotatable bonds is 3. The second-order valence-electron chi connectivity index (χ2n) is 3.98. The zero-order valence-electron chi connectivity index (χ0n) is 10.5. The standard InChI is InChI=1S/C15H12BrNO2S/c16-14-8-13(10-20-14)15(19)17-9-12-5-3-11(4-6-12)2-1-7-18/h3-6,8,10,18H,7,9H2,(H,17,19). The predicted octanol–water partition coefficient (Wildman–Crippen LogP) is 2.78. The number of nitrogens with one attached hydrogen (secondary N) is 1. The summed E-state index contributed by atoms with van der Waals surface area (Å²) in [6.07, 6.45) is 0. The van der Waals surface area contributed by atoms with Gasteiger partial charge in [0.05, 0.1) is 9.35 Å². The van der Waals surface area contributed by atoms with Gasteiger partial charge in [0.2, 0.25) is 0 Å². The van der Waals surface area contributed by atoms with Gasteiger partial charge in [-0.3, -0.25) is 4.79 Å². The van der Waals surface area contributed by atoms with Crippen molar-refractivity contribution in [2.24, 2.45) is 0 Å². The van der Waals surface area contributed by atoms with Gasteiger partial charge in [0.1, 0.15) is 6.61 Å². The maximum absolute atomic E-state index is 11.9. The number of thiophene rings is 1. The molecule has 0 aliphatic heterocycles. The van der Waals surface area contributed by atoms with Crippen molar-refractivity contribution in [1.82, 2.24) is 5.32 Å². The average molecular weight is 350 g/mol. The molecule has 0 bridgehead atoms. The van der Waals surface area contributed by atoms with E-state index in [0.717, 1.165) is 14.9 Å². The molecule has 1 aromatic heterocycles. The summed E-state index contributed by atoms with van der Waals surface area (Å²) in [7, 11) is 0. The summed E-state index contributed by atoms with van der Waals surface area (Å²) < 4.78 is 0.939. The largest absolute Gasteiger partial charge is 0.384 e. The minimum Gasteiger partial charge on any atom is -0.384 e. The van der Waals surface area contributed by atoms with E-state index in [9.17, 15) is 4.79 Å². The predicted molar refractivity (Wildman–Crippen MR) is 83.6 cm³/mol. The fourth-order valence-electron chi connectivity index (χ4n) is 1.56. The number of hydrogen-bond acceptors (Lipinski definition) is 3. The van der Waals surface area contributed by atoms with E-state index in [-0.39, 0.29) is 12.5 Å². The molecule has 2 aromatic rings. The smallest absolute Gasteiger partial charge is 0.252 e. The summed E-state index contributed by atoms with van der Waals surface area (Å²) in [5, 5.41) is 13.3. The lowest BCUT2D eigenvalue weighted by Crippen LogP contribution is -2.22. The van der Waals surface area contributed by atoms with E-state index in [0.29, 0.717) is 12.1 Å². The fourth-order valence-corrected chi connectivity index (χ4v) is 2.70. The topological polar surface area (TPSA) is 49.3 Å². The maximum atomic E-state index is 11.9. The van der Waals surface area contributed by atoms with Crippen LogP contribution in [0.5, 0.6) is 0 Å². The van der Waals surface area contributed by atoms with Gasteiger partial charge in [0, 0.05) is 17.5 Å². The molecule has 0 saturated carbocycles. The zero-order valence-corrected chi connectivity index (χ0v) is 12.9. The van der Waals surface area contributed by atoms with Crippen LogP contribution in [0.3, 0.4) is 0 Å². The van der Waals surface area contributed by atoms with E-state index in [4.69, 9.17) is 5.11 Å². The Labute approximate surface area is 129 Å². The number of carbonyl (C=O) groups is 1. The Balaban J connectivity index is 1.92. The van der Waals surface area contributed by atoms with Crippen molar-refractivity contribution >= 4 is 33.2 Å². The van der Waals surface area contributed by atoms with Crippen molar-refractivity contribution in [3.8, 4) is 11.8 Å². The normalized spacial score (nSPS) is 9.70. The number of aliphatic hydroxyl groups excluding tert-OH is 1. The fraction of sp³-hybridized carbons (Fsp3) is 0.133. The number of benzene rings is 1. The lowest BCUT2D eigenvalue weighted by atomic mass is 10.1. The first-order valence-electron chi connectivity index (χ1n) is 5.90. The molecule has 102 valence electrons. The number of hydrogen-bond donors (Lipinski definition) is 2. The van der Waals surface area contributed by atoms with E-state index in [1.807, 2.05) is 29.6 Å². The van der Waals surface area contributed by atoms with Crippen LogP contribution in [0.4, 0.5) is 0 Å². The molecule has 2 N–H and O–H groups in total. The van der Waals surface area contributed by atoms with Crippen LogP contribution in [-0.2, 0) is 6.54 Å². The van der Waals surface area contributed by atoms with Crippen LogP contribution < -0.4 is 5.32 Å². The minimum absolute atomic E-state index is 0.0869. The summed E-state index contributed by atoms with van der Waals surface area (Å²) in [6, 6.07) is 9.35. The van der Waals surface area contributed by atoms with Crippen LogP contribution in [0.2, 0.25) is 0 Å². The Hall–Kier alpha value is -1.61. The van der Waals surface area contributed by atoms with Crippen molar-refractivity contribution in [2.75, 3.05) is 6.61 Å². The quantitative estimate of drug-likeness (QED) is 0.837. The maximum Gasteiger partial charge on any atom is 0.252 e. The van der Waals surface area contributed by atoms with E-state index >= 15 is 0 Å². The third kappa shape index (κ3) is 4.20. The number of aliphatic hydroxyl groups is 1. The Morgan fingerprint density at radius 1 is 1.35 bits per heavy atom. The highest BCUT2D eigenvalue weighted by molar-refractivity contribution is 9.11. The molecule has 2 rings (SSSR count). The molecule has 3 nitrogen and oxygen atoms in total. The van der Waals surface area contributed by atoms with Crippen LogP contribution in [0, 0.1) is 11.8 Å². The van der Waals surface area contributed by atoms with Gasteiger partial charge in [0.15, 0.2) is 0 Å². The highest BCUT2D eigenvalue weighted by Gasteiger charge is 2.07. The van der Waals surface area contributed by atoms with Gasteiger partial charge in [-0.2, -0.15) is 0 Å². The lowest BCUT2D eigenvalue weighted by Gasteiger charge is -2.04. The first kappa shape index (κ1) is 14.8. The van der Waals surface area contributed by atoms with Crippen LogP contribution in [-0.4, -0.2) is 17.6 Å². The minimum atomic E-state index is -0.145. The summed E-state index contributed by atoms with van der Waals surface area (Å²) >= 11 is 4.82. The monoisotopic (exact) mass is 349 g/mol. The Morgan fingerprint density at radius 2 is 2.10 bits per heavy atom. The number of amides is 1. The van der Waals surface area contributed by atoms with Crippen LogP contribution in [0.1, 0.15) is 21.5 Å². The highest BCUT2D eigenvalue weighted by Crippen LogP contribution is 2.20. The van der Waals surface area contributed by atoms with Crippen molar-refractivity contribution in [1.29, 1.82) is 0 Å². The van der Waals surface area contributed by atoms with Gasteiger partial charge >= 0.3 is 0 Å². The molecule has 1 heterocycles. The molecular formula is C15H12BrNO2S. The van der Waals surface area contributed by atoms with Gasteiger partial charge in [-0.25, -0.2) is 0 Å². The summed E-state index contributed by atoms with van der Waals surface area (Å²) in [5.74, 6) is 5.33. The first-order valence-corrected chi connectivity index (χ1v) is 7.57. The molecule has 0 radical (unpaired) electrons. The molecule has 20 heavy (non-hydrogen) atoms. The summed E-state index contributed by atoms with van der Waals surface area (Å²) in [6.45, 7) is 0.327. The van der Waals surface area contributed by atoms with Crippen LogP contribution >= 0.6 is 27.3 Å². The van der Waals surface area contributed by atoms with E-state index in [2.05, 4.69) is 33.1 Å². The molecule has 0 aliphatic carbocycles. The number of halogens is 1. The molecule has 0 unspecified atom stereocenters. The van der Waals surface area contributed by atoms with Crippen LogP contribution in [0.25, 0.3) is 0 Å². The third-order valence-corrected chi connectivity index (χ3v) is 4.05. The lowest BCUT2D eigenvalue weighted by molar-refractivity contribution is 0.0951. The van der Waals surface area contributed by atoms with E-state index < -0.39 is 0 Å². The SMILES string of the molecule is O=C(NCc1ccc(C#CCO)cc1)c1csc(Br)c1. The van der Waals surface area contributed by atoms with Crippen molar-refractivity contribution in [3.05, 3.63) is 56.2 Å². The summed E-state index contributed by atoms with van der Waals surface area (Å²) in [5.41, 5.74) is 2.50. The van der Waals surface area contributed by atoms with Crippen molar-refractivity contribution in [2.45, 2.75) is 6.54 Å². The van der Waals surface area contributed by atoms with Gasteiger partial charge in [0.25, 0.3) is 5.91 Å². The molecule has 0 spiro atoms. The highest BCUT2D eigenvalue weighted by atomic mass is 79.9. The van der Waals surface area contributed by atoms with E-state index in [1.54, 1.807) is 6.07 Å². The Morgan fingerprint density at radius 3 is 2.70 bits per heavy atom. The van der Waals surface area contributed by atoms with Gasteiger partial charge in [-0.05, 0) is 39.7 Å². The molecule has 1 aromatic carbocycles. The van der Waals surface area contributed by atoms with Crippen molar-refractivity contribution in [3.63, 3.8) is 0 Å². The molecular weight excluding hydrogens is 338 g/mol. The Kier molecular flexibility index (Phi) is 5.36. The average Bonchev–Trinajstić information content (AvgIpc) is 2.90. The zero-order chi connectivity index (χ0) is 14.4. The first-order chi connectivity index (χ1) is 9.69. The van der Waals surface area contributed by atoms with Gasteiger partial charge in [-0.1, -0.05) is 24.0 Å². The second kappa shape index (κ2) is 7.25. The molecule has 0 fully saturated rings. The van der Waals surface area contributed by atoms with Gasteiger partial charge in [-0.15, -0.1) is 11.3 Å². The Bertz CT molecular complexity index is 653. The van der Waals surface area contributed by atoms with Crippen molar-refractivity contribution < 1.29 is 9.90 Å². The molecule has 5 heteroatoms. The molecule has 0 aliphatic rings.